The van der Waals surface area contributed by atoms with Crippen LogP contribution in [0, 0.1) is 5.41 Å². The third-order valence-corrected chi connectivity index (χ3v) is 3.98. The van der Waals surface area contributed by atoms with Crippen LogP contribution in [0.25, 0.3) is 0 Å². The lowest BCUT2D eigenvalue weighted by Gasteiger charge is -2.30. The SMILES string of the molecule is CC[C@@H](C[C@@H](O)C(C)(C)/C=C/C(=O)OC)OCc1ccccc1. The Morgan fingerprint density at radius 3 is 2.52 bits per heavy atom. The summed E-state index contributed by atoms with van der Waals surface area (Å²) in [7, 11) is 1.33. The Kier molecular flexibility index (Phi) is 8.00. The Balaban J connectivity index is 2.56. The molecule has 0 fully saturated rings. The normalized spacial score (nSPS) is 14.7. The van der Waals surface area contributed by atoms with Gasteiger partial charge in [0.15, 0.2) is 0 Å². The maximum absolute atomic E-state index is 11.2. The number of esters is 1. The minimum absolute atomic E-state index is 0.0315. The predicted molar refractivity (Wildman–Crippen MR) is 90.9 cm³/mol. The van der Waals surface area contributed by atoms with Crippen LogP contribution in [0.5, 0.6) is 0 Å². The second-order valence-electron chi connectivity index (χ2n) is 6.26. The van der Waals surface area contributed by atoms with Crippen LogP contribution in [0.15, 0.2) is 42.5 Å². The van der Waals surface area contributed by atoms with E-state index in [-0.39, 0.29) is 6.10 Å². The van der Waals surface area contributed by atoms with Crippen LogP contribution in [-0.4, -0.2) is 30.4 Å². The van der Waals surface area contributed by atoms with E-state index in [0.717, 1.165) is 12.0 Å². The zero-order chi connectivity index (χ0) is 17.3. The molecule has 0 spiro atoms. The molecule has 0 saturated heterocycles. The van der Waals surface area contributed by atoms with Crippen molar-refractivity contribution in [3.05, 3.63) is 48.0 Å². The zero-order valence-corrected chi connectivity index (χ0v) is 14.5. The summed E-state index contributed by atoms with van der Waals surface area (Å²) in [6.45, 7) is 6.35. The summed E-state index contributed by atoms with van der Waals surface area (Å²) in [5.74, 6) is -0.419. The van der Waals surface area contributed by atoms with E-state index in [1.807, 2.05) is 51.1 Å². The van der Waals surface area contributed by atoms with Crippen LogP contribution in [-0.2, 0) is 20.9 Å². The number of aliphatic hydroxyl groups is 1. The predicted octanol–water partition coefficient (Wildman–Crippen LogP) is 3.49. The van der Waals surface area contributed by atoms with Crippen molar-refractivity contribution in [3.8, 4) is 0 Å². The molecular weight excluding hydrogens is 292 g/mol. The van der Waals surface area contributed by atoms with Gasteiger partial charge in [-0.2, -0.15) is 0 Å². The highest BCUT2D eigenvalue weighted by Crippen LogP contribution is 2.27. The maximum Gasteiger partial charge on any atom is 0.330 e. The van der Waals surface area contributed by atoms with Gasteiger partial charge in [0.2, 0.25) is 0 Å². The van der Waals surface area contributed by atoms with E-state index in [1.54, 1.807) is 6.08 Å². The highest BCUT2D eigenvalue weighted by molar-refractivity contribution is 5.81. The molecule has 1 rings (SSSR count). The van der Waals surface area contributed by atoms with Gasteiger partial charge in [0.25, 0.3) is 0 Å². The average molecular weight is 320 g/mol. The molecule has 0 saturated carbocycles. The Bertz CT molecular complexity index is 493. The molecule has 0 amide bonds. The van der Waals surface area contributed by atoms with Crippen molar-refractivity contribution in [2.24, 2.45) is 5.41 Å². The molecule has 23 heavy (non-hydrogen) atoms. The first-order chi connectivity index (χ1) is 10.9. The number of ether oxygens (including phenoxy) is 2. The lowest BCUT2D eigenvalue weighted by molar-refractivity contribution is -0.134. The van der Waals surface area contributed by atoms with Crippen molar-refractivity contribution in [2.45, 2.75) is 52.4 Å². The minimum atomic E-state index is -0.607. The molecule has 0 bridgehead atoms. The molecule has 0 aliphatic heterocycles. The van der Waals surface area contributed by atoms with Gasteiger partial charge in [-0.25, -0.2) is 4.79 Å². The highest BCUT2D eigenvalue weighted by atomic mass is 16.5. The molecule has 2 atom stereocenters. The quantitative estimate of drug-likeness (QED) is 0.559. The van der Waals surface area contributed by atoms with E-state index in [4.69, 9.17) is 4.74 Å². The van der Waals surface area contributed by atoms with Crippen molar-refractivity contribution in [1.29, 1.82) is 0 Å². The topological polar surface area (TPSA) is 55.8 Å². The van der Waals surface area contributed by atoms with Crippen molar-refractivity contribution in [1.82, 2.24) is 0 Å². The van der Waals surface area contributed by atoms with Gasteiger partial charge < -0.3 is 14.6 Å². The third kappa shape index (κ3) is 6.97. The average Bonchev–Trinajstić information content (AvgIpc) is 2.57. The van der Waals surface area contributed by atoms with Crippen molar-refractivity contribution >= 4 is 5.97 Å². The number of carbonyl (C=O) groups is 1. The maximum atomic E-state index is 11.2. The molecule has 4 nitrogen and oxygen atoms in total. The molecule has 4 heteroatoms. The standard InChI is InChI=1S/C19H28O4/c1-5-16(23-14-15-9-7-6-8-10-15)13-17(20)19(2,3)12-11-18(21)22-4/h6-12,16-17,20H,5,13-14H2,1-4H3/b12-11+/t16-,17+/m0/s1. The molecule has 1 aromatic carbocycles. The molecule has 0 radical (unpaired) electrons. The van der Waals surface area contributed by atoms with Gasteiger partial charge in [-0.05, 0) is 12.0 Å². The summed E-state index contributed by atoms with van der Waals surface area (Å²) in [4.78, 5) is 11.2. The summed E-state index contributed by atoms with van der Waals surface area (Å²) in [6, 6.07) is 9.98. The van der Waals surface area contributed by atoms with Crippen LogP contribution >= 0.6 is 0 Å². The molecule has 0 aromatic heterocycles. The van der Waals surface area contributed by atoms with E-state index in [9.17, 15) is 9.90 Å². The molecule has 0 aliphatic carbocycles. The number of hydrogen-bond acceptors (Lipinski definition) is 4. The summed E-state index contributed by atoms with van der Waals surface area (Å²) in [5.41, 5.74) is 0.586. The molecule has 1 aromatic rings. The number of rotatable bonds is 9. The summed E-state index contributed by atoms with van der Waals surface area (Å²) >= 11 is 0. The second kappa shape index (κ2) is 9.48. The fourth-order valence-electron chi connectivity index (χ4n) is 2.16. The number of methoxy groups -OCH3 is 1. The van der Waals surface area contributed by atoms with E-state index < -0.39 is 17.5 Å². The molecule has 0 aliphatic rings. The van der Waals surface area contributed by atoms with Crippen LogP contribution in [0.2, 0.25) is 0 Å². The van der Waals surface area contributed by atoms with Crippen molar-refractivity contribution in [3.63, 3.8) is 0 Å². The Morgan fingerprint density at radius 2 is 1.96 bits per heavy atom. The van der Waals surface area contributed by atoms with Crippen LogP contribution in [0.1, 0.15) is 39.2 Å². The monoisotopic (exact) mass is 320 g/mol. The molecule has 0 unspecified atom stereocenters. The Labute approximate surface area is 139 Å². The molecule has 128 valence electrons. The van der Waals surface area contributed by atoms with Crippen LogP contribution < -0.4 is 0 Å². The highest BCUT2D eigenvalue weighted by Gasteiger charge is 2.28. The Morgan fingerprint density at radius 1 is 1.30 bits per heavy atom. The lowest BCUT2D eigenvalue weighted by atomic mass is 9.83. The number of hydrogen-bond donors (Lipinski definition) is 1. The number of carbonyl (C=O) groups excluding carboxylic acids is 1. The van der Waals surface area contributed by atoms with Gasteiger partial charge in [-0.3, -0.25) is 0 Å². The van der Waals surface area contributed by atoms with E-state index in [0.29, 0.717) is 13.0 Å². The van der Waals surface area contributed by atoms with Gasteiger partial charge in [-0.1, -0.05) is 57.2 Å². The first-order valence-corrected chi connectivity index (χ1v) is 7.99. The van der Waals surface area contributed by atoms with Crippen LogP contribution in [0.3, 0.4) is 0 Å². The van der Waals surface area contributed by atoms with Gasteiger partial charge in [-0.15, -0.1) is 0 Å². The molecule has 1 N–H and O–H groups in total. The first-order valence-electron chi connectivity index (χ1n) is 7.99. The van der Waals surface area contributed by atoms with E-state index in [2.05, 4.69) is 4.74 Å². The fraction of sp³-hybridized carbons (Fsp3) is 0.526. The van der Waals surface area contributed by atoms with Gasteiger partial charge in [0.05, 0.1) is 25.9 Å². The molecular formula is C19H28O4. The van der Waals surface area contributed by atoms with Gasteiger partial charge in [0, 0.05) is 17.9 Å². The molecule has 0 heterocycles. The summed E-state index contributed by atoms with van der Waals surface area (Å²) in [6.07, 6.45) is 3.74. The van der Waals surface area contributed by atoms with E-state index in [1.165, 1.54) is 13.2 Å². The zero-order valence-electron chi connectivity index (χ0n) is 14.5. The number of aliphatic hydroxyl groups excluding tert-OH is 1. The largest absolute Gasteiger partial charge is 0.466 e. The smallest absolute Gasteiger partial charge is 0.330 e. The fourth-order valence-corrected chi connectivity index (χ4v) is 2.16. The number of benzene rings is 1. The van der Waals surface area contributed by atoms with Crippen molar-refractivity contribution in [2.75, 3.05) is 7.11 Å². The third-order valence-electron chi connectivity index (χ3n) is 3.98. The van der Waals surface area contributed by atoms with E-state index >= 15 is 0 Å². The van der Waals surface area contributed by atoms with Crippen LogP contribution in [0.4, 0.5) is 0 Å². The Hall–Kier alpha value is -1.65. The second-order valence-corrected chi connectivity index (χ2v) is 6.26. The van der Waals surface area contributed by atoms with Crippen molar-refractivity contribution < 1.29 is 19.4 Å². The lowest BCUT2D eigenvalue weighted by Crippen LogP contribution is -2.32. The van der Waals surface area contributed by atoms with Gasteiger partial charge >= 0.3 is 5.97 Å². The summed E-state index contributed by atoms with van der Waals surface area (Å²) < 4.78 is 10.5. The summed E-state index contributed by atoms with van der Waals surface area (Å²) in [5, 5.41) is 10.5. The first kappa shape index (κ1) is 19.4. The van der Waals surface area contributed by atoms with Gasteiger partial charge in [0.1, 0.15) is 0 Å². The minimum Gasteiger partial charge on any atom is -0.466 e.